The fourth-order valence-electron chi connectivity index (χ4n) is 3.12. The molecule has 4 rings (SSSR count). The molecule has 146 valence electrons. The lowest BCUT2D eigenvalue weighted by Crippen LogP contribution is -2.36. The number of rotatable bonds is 6. The van der Waals surface area contributed by atoms with Gasteiger partial charge in [-0.2, -0.15) is 5.10 Å². The molecule has 2 heterocycles. The van der Waals surface area contributed by atoms with E-state index < -0.39 is 0 Å². The maximum atomic E-state index is 5.56. The molecule has 2 aromatic carbocycles. The summed E-state index contributed by atoms with van der Waals surface area (Å²) in [6.45, 7) is 1.20. The minimum absolute atomic E-state index is 0.561. The highest BCUT2D eigenvalue weighted by Crippen LogP contribution is 2.24. The number of furan rings is 1. The largest absolute Gasteiger partial charge is 0.467 e. The van der Waals surface area contributed by atoms with Gasteiger partial charge in [-0.05, 0) is 36.5 Å². The summed E-state index contributed by atoms with van der Waals surface area (Å²) < 4.78 is 7.28. The molecule has 2 aromatic heterocycles. The number of nitrogens with zero attached hydrogens (tertiary/aromatic N) is 3. The lowest BCUT2D eigenvalue weighted by Gasteiger charge is -2.20. The van der Waals surface area contributed by atoms with Crippen LogP contribution in [-0.4, -0.2) is 26.8 Å². The van der Waals surface area contributed by atoms with Crippen LogP contribution in [0.25, 0.3) is 16.9 Å². The van der Waals surface area contributed by atoms with Gasteiger partial charge in [0.25, 0.3) is 0 Å². The molecule has 29 heavy (non-hydrogen) atoms. The molecule has 0 radical (unpaired) electrons. The first-order chi connectivity index (χ1) is 14.2. The molecule has 0 aliphatic carbocycles. The second-order valence-corrected chi connectivity index (χ2v) is 7.13. The molecule has 0 saturated heterocycles. The summed E-state index contributed by atoms with van der Waals surface area (Å²) in [6.07, 6.45) is 3.73. The molecule has 5 nitrogen and oxygen atoms in total. The summed E-state index contributed by atoms with van der Waals surface area (Å²) in [5, 5.41) is 8.76. The number of hydrogen-bond acceptors (Lipinski definition) is 3. The van der Waals surface area contributed by atoms with E-state index in [9.17, 15) is 0 Å². The van der Waals surface area contributed by atoms with Crippen LogP contribution >= 0.6 is 12.2 Å². The average Bonchev–Trinajstić information content (AvgIpc) is 3.43. The van der Waals surface area contributed by atoms with Gasteiger partial charge in [-0.15, -0.1) is 0 Å². The maximum Gasteiger partial charge on any atom is 0.169 e. The molecular weight excluding hydrogens is 380 g/mol. The Morgan fingerprint density at radius 3 is 2.45 bits per heavy atom. The zero-order valence-electron chi connectivity index (χ0n) is 16.2. The highest BCUT2D eigenvalue weighted by atomic mass is 32.1. The molecule has 0 aliphatic heterocycles. The Labute approximate surface area is 175 Å². The summed E-state index contributed by atoms with van der Waals surface area (Å²) in [5.74, 6) is 0.850. The third kappa shape index (κ3) is 4.55. The molecule has 1 N–H and O–H groups in total. The van der Waals surface area contributed by atoms with E-state index in [0.717, 1.165) is 28.3 Å². The average molecular weight is 403 g/mol. The summed E-state index contributed by atoms with van der Waals surface area (Å²) in [7, 11) is 1.98. The Hall–Kier alpha value is -3.38. The van der Waals surface area contributed by atoms with Gasteiger partial charge in [0.1, 0.15) is 5.76 Å². The van der Waals surface area contributed by atoms with Gasteiger partial charge < -0.3 is 14.6 Å². The zero-order chi connectivity index (χ0) is 20.1. The highest BCUT2D eigenvalue weighted by molar-refractivity contribution is 7.80. The molecule has 0 atom stereocenters. The van der Waals surface area contributed by atoms with Crippen molar-refractivity contribution in [2.75, 3.05) is 7.05 Å². The van der Waals surface area contributed by atoms with Crippen molar-refractivity contribution >= 4 is 17.3 Å². The lowest BCUT2D eigenvalue weighted by molar-refractivity contribution is 0.469. The van der Waals surface area contributed by atoms with Gasteiger partial charge in [-0.1, -0.05) is 48.5 Å². The van der Waals surface area contributed by atoms with Crippen LogP contribution in [0.15, 0.2) is 89.7 Å². The van der Waals surface area contributed by atoms with E-state index in [4.69, 9.17) is 21.7 Å². The standard InChI is InChI=1S/C23H22N4OS/c1-26(23(29)24-15-21-13-8-14-28-21)16-19-17-27(20-11-6-3-7-12-20)25-22(19)18-9-4-2-5-10-18/h2-14,17H,15-16H2,1H3,(H,24,29). The van der Waals surface area contributed by atoms with Crippen LogP contribution in [0.2, 0.25) is 0 Å². The third-order valence-electron chi connectivity index (χ3n) is 4.61. The Morgan fingerprint density at radius 1 is 1.03 bits per heavy atom. The molecule has 0 fully saturated rings. The van der Waals surface area contributed by atoms with Crippen LogP contribution in [0.5, 0.6) is 0 Å². The van der Waals surface area contributed by atoms with Crippen molar-refractivity contribution in [2.24, 2.45) is 0 Å². The Bertz CT molecular complexity index is 1060. The number of para-hydroxylation sites is 1. The summed E-state index contributed by atoms with van der Waals surface area (Å²) in [4.78, 5) is 2.01. The fourth-order valence-corrected chi connectivity index (χ4v) is 3.25. The molecule has 0 unspecified atom stereocenters. The van der Waals surface area contributed by atoms with E-state index in [1.54, 1.807) is 6.26 Å². The zero-order valence-corrected chi connectivity index (χ0v) is 17.0. The van der Waals surface area contributed by atoms with Crippen molar-refractivity contribution in [3.8, 4) is 16.9 Å². The van der Waals surface area contributed by atoms with Crippen molar-refractivity contribution in [2.45, 2.75) is 13.1 Å². The predicted octanol–water partition coefficient (Wildman–Crippen LogP) is 4.64. The number of hydrogen-bond donors (Lipinski definition) is 1. The molecule has 0 aliphatic rings. The van der Waals surface area contributed by atoms with E-state index in [-0.39, 0.29) is 0 Å². The van der Waals surface area contributed by atoms with Gasteiger partial charge in [0, 0.05) is 30.9 Å². The van der Waals surface area contributed by atoms with Crippen LogP contribution in [0.1, 0.15) is 11.3 Å². The van der Waals surface area contributed by atoms with Crippen LogP contribution in [0.4, 0.5) is 0 Å². The Kier molecular flexibility index (Phi) is 5.72. The normalized spacial score (nSPS) is 10.7. The third-order valence-corrected chi connectivity index (χ3v) is 5.06. The molecule has 0 saturated carbocycles. The first-order valence-electron chi connectivity index (χ1n) is 9.41. The summed E-state index contributed by atoms with van der Waals surface area (Å²) >= 11 is 5.56. The summed E-state index contributed by atoms with van der Waals surface area (Å²) in [6, 6.07) is 24.1. The maximum absolute atomic E-state index is 5.56. The van der Waals surface area contributed by atoms with E-state index in [0.29, 0.717) is 18.2 Å². The smallest absolute Gasteiger partial charge is 0.169 e. The second kappa shape index (κ2) is 8.75. The van der Waals surface area contributed by atoms with E-state index in [1.165, 1.54) is 0 Å². The second-order valence-electron chi connectivity index (χ2n) is 6.74. The van der Waals surface area contributed by atoms with Crippen molar-refractivity contribution in [1.29, 1.82) is 0 Å². The molecule has 0 bridgehead atoms. The van der Waals surface area contributed by atoms with Gasteiger partial charge >= 0.3 is 0 Å². The highest BCUT2D eigenvalue weighted by Gasteiger charge is 2.15. The summed E-state index contributed by atoms with van der Waals surface area (Å²) in [5.41, 5.74) is 4.16. The van der Waals surface area contributed by atoms with Crippen molar-refractivity contribution in [3.05, 3.63) is 96.6 Å². The number of nitrogens with one attached hydrogen (secondary N) is 1. The van der Waals surface area contributed by atoms with E-state index >= 15 is 0 Å². The quantitative estimate of drug-likeness (QED) is 0.476. The van der Waals surface area contributed by atoms with Crippen molar-refractivity contribution < 1.29 is 4.42 Å². The van der Waals surface area contributed by atoms with Crippen LogP contribution in [-0.2, 0) is 13.1 Å². The lowest BCUT2D eigenvalue weighted by atomic mass is 10.1. The van der Waals surface area contributed by atoms with E-state index in [1.807, 2.05) is 77.3 Å². The van der Waals surface area contributed by atoms with Crippen LogP contribution < -0.4 is 5.32 Å². The van der Waals surface area contributed by atoms with Crippen molar-refractivity contribution in [3.63, 3.8) is 0 Å². The molecule has 4 aromatic rings. The molecule has 6 heteroatoms. The van der Waals surface area contributed by atoms with E-state index in [2.05, 4.69) is 23.6 Å². The van der Waals surface area contributed by atoms with Crippen molar-refractivity contribution in [1.82, 2.24) is 20.0 Å². The Morgan fingerprint density at radius 2 is 1.76 bits per heavy atom. The fraction of sp³-hybridized carbons (Fsp3) is 0.130. The number of aromatic nitrogens is 2. The first-order valence-corrected chi connectivity index (χ1v) is 9.82. The van der Waals surface area contributed by atoms with Gasteiger partial charge in [-0.3, -0.25) is 0 Å². The van der Waals surface area contributed by atoms with Crippen LogP contribution in [0, 0.1) is 0 Å². The van der Waals surface area contributed by atoms with Gasteiger partial charge in [-0.25, -0.2) is 4.68 Å². The molecule has 0 amide bonds. The van der Waals surface area contributed by atoms with Gasteiger partial charge in [0.2, 0.25) is 0 Å². The monoisotopic (exact) mass is 402 g/mol. The SMILES string of the molecule is CN(Cc1cn(-c2ccccc2)nc1-c1ccccc1)C(=S)NCc1ccco1. The van der Waals surface area contributed by atoms with Gasteiger partial charge in [0.05, 0.1) is 24.2 Å². The molecular formula is C23H22N4OS. The number of benzene rings is 2. The topological polar surface area (TPSA) is 46.2 Å². The molecule has 0 spiro atoms. The van der Waals surface area contributed by atoms with Gasteiger partial charge in [0.15, 0.2) is 5.11 Å². The predicted molar refractivity (Wildman–Crippen MR) is 119 cm³/mol. The minimum Gasteiger partial charge on any atom is -0.467 e. The number of thiocarbonyl (C=S) groups is 1. The minimum atomic E-state index is 0.561. The van der Waals surface area contributed by atoms with Crippen LogP contribution in [0.3, 0.4) is 0 Å². The first kappa shape index (κ1) is 19.0. The Balaban J connectivity index is 1.56.